The van der Waals surface area contributed by atoms with E-state index in [1.165, 1.54) is 23.8 Å². The molecule has 0 bridgehead atoms. The summed E-state index contributed by atoms with van der Waals surface area (Å²) in [6.45, 7) is 4.35. The van der Waals surface area contributed by atoms with Crippen molar-refractivity contribution < 1.29 is 14.3 Å². The molecule has 2 saturated carbocycles. The van der Waals surface area contributed by atoms with Crippen LogP contribution in [0, 0.1) is 12.8 Å². The molecule has 2 amide bonds. The molecule has 5 heteroatoms. The monoisotopic (exact) mass is 358 g/mol. The minimum absolute atomic E-state index is 0.0341. The zero-order valence-electron chi connectivity index (χ0n) is 16.2. The van der Waals surface area contributed by atoms with Gasteiger partial charge in [-0.1, -0.05) is 30.7 Å². The van der Waals surface area contributed by atoms with Crippen molar-refractivity contribution in [1.29, 1.82) is 0 Å². The largest absolute Gasteiger partial charge is 0.453 e. The maximum absolute atomic E-state index is 12.6. The van der Waals surface area contributed by atoms with Gasteiger partial charge in [-0.15, -0.1) is 0 Å². The SMILES string of the molecule is CCc1cc(C)cc(C2CC(N(C)C(=O)C3CC(NC(=O)OC)C3)C2)c1. The number of carbonyl (C=O) groups is 2. The third kappa shape index (κ3) is 3.87. The first-order valence-corrected chi connectivity index (χ1v) is 9.62. The van der Waals surface area contributed by atoms with Crippen molar-refractivity contribution >= 4 is 12.0 Å². The second-order valence-electron chi connectivity index (χ2n) is 7.88. The Morgan fingerprint density at radius 1 is 1.19 bits per heavy atom. The number of methoxy groups -OCH3 is 1. The predicted octanol–water partition coefficient (Wildman–Crippen LogP) is 3.40. The predicted molar refractivity (Wildman–Crippen MR) is 101 cm³/mol. The zero-order chi connectivity index (χ0) is 18.8. The van der Waals surface area contributed by atoms with E-state index in [4.69, 9.17) is 0 Å². The van der Waals surface area contributed by atoms with Gasteiger partial charge in [-0.25, -0.2) is 4.79 Å². The van der Waals surface area contributed by atoms with E-state index in [0.29, 0.717) is 24.8 Å². The van der Waals surface area contributed by atoms with Gasteiger partial charge in [-0.2, -0.15) is 0 Å². The van der Waals surface area contributed by atoms with Crippen LogP contribution in [0.5, 0.6) is 0 Å². The van der Waals surface area contributed by atoms with Gasteiger partial charge < -0.3 is 15.0 Å². The number of amides is 2. The molecule has 2 fully saturated rings. The molecule has 3 rings (SSSR count). The van der Waals surface area contributed by atoms with E-state index in [1.54, 1.807) is 0 Å². The van der Waals surface area contributed by atoms with Crippen LogP contribution in [0.3, 0.4) is 0 Å². The van der Waals surface area contributed by atoms with Gasteiger partial charge in [0, 0.05) is 25.0 Å². The molecular weight excluding hydrogens is 328 g/mol. The highest BCUT2D eigenvalue weighted by Crippen LogP contribution is 2.41. The average molecular weight is 358 g/mol. The molecule has 1 aromatic carbocycles. The summed E-state index contributed by atoms with van der Waals surface area (Å²) in [6.07, 6.45) is 4.17. The zero-order valence-corrected chi connectivity index (χ0v) is 16.2. The van der Waals surface area contributed by atoms with Gasteiger partial charge in [0.15, 0.2) is 0 Å². The molecule has 0 saturated heterocycles. The van der Waals surface area contributed by atoms with Crippen molar-refractivity contribution in [3.8, 4) is 0 Å². The van der Waals surface area contributed by atoms with Crippen LogP contribution in [0.25, 0.3) is 0 Å². The second kappa shape index (κ2) is 7.68. The minimum atomic E-state index is -0.416. The van der Waals surface area contributed by atoms with Crippen molar-refractivity contribution in [3.63, 3.8) is 0 Å². The van der Waals surface area contributed by atoms with E-state index in [-0.39, 0.29) is 17.9 Å². The average Bonchev–Trinajstić information content (AvgIpc) is 2.54. The van der Waals surface area contributed by atoms with Crippen molar-refractivity contribution in [2.75, 3.05) is 14.2 Å². The Balaban J connectivity index is 1.48. The molecule has 0 spiro atoms. The van der Waals surface area contributed by atoms with Crippen molar-refractivity contribution in [3.05, 3.63) is 34.9 Å². The summed E-state index contributed by atoms with van der Waals surface area (Å²) in [6, 6.07) is 7.27. The molecule has 0 unspecified atom stereocenters. The number of ether oxygens (including phenoxy) is 1. The van der Waals surface area contributed by atoms with E-state index >= 15 is 0 Å². The molecule has 5 nitrogen and oxygen atoms in total. The van der Waals surface area contributed by atoms with E-state index in [2.05, 4.69) is 42.1 Å². The number of alkyl carbamates (subject to hydrolysis) is 1. The maximum Gasteiger partial charge on any atom is 0.407 e. The molecule has 0 radical (unpaired) electrons. The number of nitrogens with one attached hydrogen (secondary N) is 1. The number of hydrogen-bond donors (Lipinski definition) is 1. The van der Waals surface area contributed by atoms with Crippen LogP contribution < -0.4 is 5.32 Å². The lowest BCUT2D eigenvalue weighted by atomic mass is 9.73. The number of aryl methyl sites for hydroxylation is 2. The topological polar surface area (TPSA) is 58.6 Å². The number of rotatable bonds is 5. The molecule has 1 aromatic rings. The van der Waals surface area contributed by atoms with Crippen LogP contribution >= 0.6 is 0 Å². The summed E-state index contributed by atoms with van der Waals surface area (Å²) >= 11 is 0. The van der Waals surface area contributed by atoms with E-state index in [0.717, 1.165) is 19.3 Å². The Bertz CT molecular complexity index is 676. The van der Waals surface area contributed by atoms with E-state index in [9.17, 15) is 9.59 Å². The second-order valence-corrected chi connectivity index (χ2v) is 7.88. The molecule has 2 aliphatic carbocycles. The smallest absolute Gasteiger partial charge is 0.407 e. The standard InChI is InChI=1S/C21H30N2O3/c1-5-14-6-13(2)7-15(8-14)16-11-19(12-16)23(3)20(24)17-9-18(10-17)22-21(25)26-4/h6-8,16-19H,5,9-12H2,1-4H3,(H,22,25). The summed E-state index contributed by atoms with van der Waals surface area (Å²) in [5.41, 5.74) is 4.14. The first kappa shape index (κ1) is 18.7. The fourth-order valence-corrected chi connectivity index (χ4v) is 4.14. The van der Waals surface area contributed by atoms with Crippen LogP contribution in [-0.2, 0) is 16.0 Å². The highest BCUT2D eigenvalue weighted by Gasteiger charge is 2.41. The highest BCUT2D eigenvalue weighted by molar-refractivity contribution is 5.80. The van der Waals surface area contributed by atoms with Crippen molar-refractivity contribution in [2.24, 2.45) is 5.92 Å². The lowest BCUT2D eigenvalue weighted by Crippen LogP contribution is -2.53. The van der Waals surface area contributed by atoms with Crippen LogP contribution in [-0.4, -0.2) is 43.1 Å². The number of hydrogen-bond acceptors (Lipinski definition) is 3. The fraction of sp³-hybridized carbons (Fsp3) is 0.619. The van der Waals surface area contributed by atoms with Crippen LogP contribution in [0.1, 0.15) is 55.2 Å². The summed E-state index contributed by atoms with van der Waals surface area (Å²) in [7, 11) is 3.28. The lowest BCUT2D eigenvalue weighted by molar-refractivity contribution is -0.141. The molecule has 2 aliphatic rings. The Hall–Kier alpha value is -2.04. The molecule has 0 aliphatic heterocycles. The van der Waals surface area contributed by atoms with E-state index in [1.807, 2.05) is 11.9 Å². The minimum Gasteiger partial charge on any atom is -0.453 e. The Morgan fingerprint density at radius 2 is 1.88 bits per heavy atom. The van der Waals surface area contributed by atoms with Crippen LogP contribution in [0.4, 0.5) is 4.79 Å². The number of nitrogens with zero attached hydrogens (tertiary/aromatic N) is 1. The third-order valence-corrected chi connectivity index (χ3v) is 6.04. The molecule has 142 valence electrons. The van der Waals surface area contributed by atoms with Crippen LogP contribution in [0.15, 0.2) is 18.2 Å². The molecule has 0 atom stereocenters. The molecular formula is C21H30N2O3. The Morgan fingerprint density at radius 3 is 2.50 bits per heavy atom. The Labute approximate surface area is 156 Å². The van der Waals surface area contributed by atoms with Gasteiger partial charge >= 0.3 is 6.09 Å². The quantitative estimate of drug-likeness (QED) is 0.878. The molecule has 1 N–H and O–H groups in total. The van der Waals surface area contributed by atoms with Gasteiger partial charge in [-0.05, 0) is 56.1 Å². The summed E-state index contributed by atoms with van der Waals surface area (Å²) in [5, 5.41) is 2.76. The van der Waals surface area contributed by atoms with Gasteiger partial charge in [-0.3, -0.25) is 4.79 Å². The van der Waals surface area contributed by atoms with Gasteiger partial charge in [0.25, 0.3) is 0 Å². The summed E-state index contributed by atoms with van der Waals surface area (Å²) in [5.74, 6) is 0.817. The van der Waals surface area contributed by atoms with Gasteiger partial charge in [0.2, 0.25) is 5.91 Å². The lowest BCUT2D eigenvalue weighted by Gasteiger charge is -2.45. The normalized spacial score (nSPS) is 27.1. The highest BCUT2D eigenvalue weighted by atomic mass is 16.5. The van der Waals surface area contributed by atoms with Gasteiger partial charge in [0.1, 0.15) is 0 Å². The third-order valence-electron chi connectivity index (χ3n) is 6.04. The first-order chi connectivity index (χ1) is 12.4. The van der Waals surface area contributed by atoms with Crippen molar-refractivity contribution in [1.82, 2.24) is 10.2 Å². The maximum atomic E-state index is 12.6. The van der Waals surface area contributed by atoms with Crippen LogP contribution in [0.2, 0.25) is 0 Å². The summed E-state index contributed by atoms with van der Waals surface area (Å²) in [4.78, 5) is 25.8. The fourth-order valence-electron chi connectivity index (χ4n) is 4.14. The summed E-state index contributed by atoms with van der Waals surface area (Å²) < 4.78 is 4.60. The van der Waals surface area contributed by atoms with E-state index < -0.39 is 6.09 Å². The Kier molecular flexibility index (Phi) is 5.54. The molecule has 26 heavy (non-hydrogen) atoms. The number of benzene rings is 1. The molecule has 0 aromatic heterocycles. The molecule has 0 heterocycles. The number of carbonyl (C=O) groups excluding carboxylic acids is 2. The first-order valence-electron chi connectivity index (χ1n) is 9.62. The van der Waals surface area contributed by atoms with Gasteiger partial charge in [0.05, 0.1) is 7.11 Å². The van der Waals surface area contributed by atoms with Crippen molar-refractivity contribution in [2.45, 2.75) is 64.0 Å².